The first-order chi connectivity index (χ1) is 14.9. The van der Waals surface area contributed by atoms with Crippen LogP contribution in [0.5, 0.6) is 5.75 Å². The molecule has 1 aromatic heterocycles. The van der Waals surface area contributed by atoms with Crippen LogP contribution in [0.1, 0.15) is 53.1 Å². The number of rotatable bonds is 11. The molecule has 0 atom stereocenters. The third kappa shape index (κ3) is 5.91. The van der Waals surface area contributed by atoms with E-state index in [0.717, 1.165) is 29.8 Å². The SMILES string of the molecule is CCc1nc(C(N)=O)c(Nc2cc(CCNC(=O)CNC)cc(OC)c2)nc1C1CC1. The van der Waals surface area contributed by atoms with Gasteiger partial charge in [0.2, 0.25) is 5.91 Å². The summed E-state index contributed by atoms with van der Waals surface area (Å²) in [6.45, 7) is 2.77. The van der Waals surface area contributed by atoms with Crippen molar-refractivity contribution in [2.75, 3.05) is 32.6 Å². The summed E-state index contributed by atoms with van der Waals surface area (Å²) in [5, 5.41) is 8.88. The zero-order valence-corrected chi connectivity index (χ0v) is 18.2. The number of carbonyl (C=O) groups is 2. The zero-order chi connectivity index (χ0) is 22.4. The number of nitrogens with two attached hydrogens (primary N) is 1. The Morgan fingerprint density at radius 3 is 2.61 bits per heavy atom. The maximum absolute atomic E-state index is 12.0. The Morgan fingerprint density at radius 1 is 1.23 bits per heavy atom. The monoisotopic (exact) mass is 426 g/mol. The lowest BCUT2D eigenvalue weighted by Crippen LogP contribution is -2.33. The molecule has 0 spiro atoms. The Hall–Kier alpha value is -3.20. The summed E-state index contributed by atoms with van der Waals surface area (Å²) in [5.74, 6) is 0.721. The highest BCUT2D eigenvalue weighted by Gasteiger charge is 2.30. The van der Waals surface area contributed by atoms with Crippen molar-refractivity contribution in [1.29, 1.82) is 0 Å². The lowest BCUT2D eigenvalue weighted by atomic mass is 10.1. The fourth-order valence-corrected chi connectivity index (χ4v) is 3.39. The third-order valence-corrected chi connectivity index (χ3v) is 5.07. The van der Waals surface area contributed by atoms with Crippen LogP contribution < -0.4 is 26.4 Å². The molecule has 31 heavy (non-hydrogen) atoms. The number of amides is 2. The van der Waals surface area contributed by atoms with Crippen molar-refractivity contribution in [2.24, 2.45) is 5.73 Å². The van der Waals surface area contributed by atoms with Gasteiger partial charge >= 0.3 is 0 Å². The molecular weight excluding hydrogens is 396 g/mol. The van der Waals surface area contributed by atoms with Crippen molar-refractivity contribution in [3.8, 4) is 5.75 Å². The molecule has 1 aromatic carbocycles. The van der Waals surface area contributed by atoms with Crippen molar-refractivity contribution in [1.82, 2.24) is 20.6 Å². The largest absolute Gasteiger partial charge is 0.497 e. The van der Waals surface area contributed by atoms with E-state index in [0.29, 0.717) is 42.6 Å². The average Bonchev–Trinajstić information content (AvgIpc) is 3.58. The van der Waals surface area contributed by atoms with Crippen molar-refractivity contribution < 1.29 is 14.3 Å². The summed E-state index contributed by atoms with van der Waals surface area (Å²) in [5.41, 5.74) is 9.15. The molecular formula is C22H30N6O3. The number of aromatic nitrogens is 2. The molecule has 0 saturated heterocycles. The van der Waals surface area contributed by atoms with E-state index in [-0.39, 0.29) is 18.1 Å². The summed E-state index contributed by atoms with van der Waals surface area (Å²) < 4.78 is 5.42. The molecule has 0 unspecified atom stereocenters. The smallest absolute Gasteiger partial charge is 0.271 e. The fourth-order valence-electron chi connectivity index (χ4n) is 3.39. The third-order valence-electron chi connectivity index (χ3n) is 5.07. The van der Waals surface area contributed by atoms with Gasteiger partial charge in [-0.2, -0.15) is 0 Å². The predicted molar refractivity (Wildman–Crippen MR) is 119 cm³/mol. The summed E-state index contributed by atoms with van der Waals surface area (Å²) in [6, 6.07) is 5.66. The lowest BCUT2D eigenvalue weighted by Gasteiger charge is -2.15. The molecule has 1 heterocycles. The van der Waals surface area contributed by atoms with Crippen LogP contribution >= 0.6 is 0 Å². The second-order valence-electron chi connectivity index (χ2n) is 7.57. The van der Waals surface area contributed by atoms with E-state index in [4.69, 9.17) is 15.5 Å². The number of hydrogen-bond acceptors (Lipinski definition) is 7. The van der Waals surface area contributed by atoms with E-state index < -0.39 is 5.91 Å². The summed E-state index contributed by atoms with van der Waals surface area (Å²) >= 11 is 0. The van der Waals surface area contributed by atoms with Crippen molar-refractivity contribution in [3.05, 3.63) is 40.8 Å². The van der Waals surface area contributed by atoms with Crippen LogP contribution in [0.2, 0.25) is 0 Å². The van der Waals surface area contributed by atoms with E-state index in [1.54, 1.807) is 14.2 Å². The van der Waals surface area contributed by atoms with Gasteiger partial charge in [-0.3, -0.25) is 9.59 Å². The highest BCUT2D eigenvalue weighted by atomic mass is 16.5. The molecule has 0 aliphatic heterocycles. The molecule has 2 amide bonds. The minimum absolute atomic E-state index is 0.0614. The Labute approximate surface area is 182 Å². The van der Waals surface area contributed by atoms with Crippen molar-refractivity contribution in [2.45, 2.75) is 38.5 Å². The van der Waals surface area contributed by atoms with E-state index >= 15 is 0 Å². The predicted octanol–water partition coefficient (Wildman–Crippen LogP) is 1.65. The number of methoxy groups -OCH3 is 1. The highest BCUT2D eigenvalue weighted by Crippen LogP contribution is 2.41. The van der Waals surface area contributed by atoms with Gasteiger partial charge in [0.15, 0.2) is 11.5 Å². The topological polar surface area (TPSA) is 131 Å². The van der Waals surface area contributed by atoms with Crippen LogP contribution in [0.25, 0.3) is 0 Å². The van der Waals surface area contributed by atoms with Crippen LogP contribution in [-0.2, 0) is 17.6 Å². The van der Waals surface area contributed by atoms with Gasteiger partial charge in [0.05, 0.1) is 25.0 Å². The maximum Gasteiger partial charge on any atom is 0.271 e. The molecule has 2 aromatic rings. The lowest BCUT2D eigenvalue weighted by molar-refractivity contribution is -0.120. The van der Waals surface area contributed by atoms with Crippen LogP contribution in [0.3, 0.4) is 0 Å². The number of aryl methyl sites for hydroxylation is 1. The minimum atomic E-state index is -0.623. The van der Waals surface area contributed by atoms with Gasteiger partial charge in [-0.25, -0.2) is 9.97 Å². The van der Waals surface area contributed by atoms with Gasteiger partial charge in [-0.1, -0.05) is 6.92 Å². The summed E-state index contributed by atoms with van der Waals surface area (Å²) in [7, 11) is 3.32. The van der Waals surface area contributed by atoms with E-state index in [1.165, 1.54) is 0 Å². The zero-order valence-electron chi connectivity index (χ0n) is 18.2. The molecule has 1 fully saturated rings. The molecule has 0 radical (unpaired) electrons. The number of primary amides is 1. The van der Waals surface area contributed by atoms with E-state index in [2.05, 4.69) is 20.9 Å². The normalized spacial score (nSPS) is 13.0. The number of nitrogens with zero attached hydrogens (tertiary/aromatic N) is 2. The van der Waals surface area contributed by atoms with Crippen molar-refractivity contribution in [3.63, 3.8) is 0 Å². The summed E-state index contributed by atoms with van der Waals surface area (Å²) in [6.07, 6.45) is 3.49. The number of hydrogen-bond donors (Lipinski definition) is 4. The average molecular weight is 427 g/mol. The van der Waals surface area contributed by atoms with Gasteiger partial charge < -0.3 is 26.4 Å². The van der Waals surface area contributed by atoms with Gasteiger partial charge in [-0.05, 0) is 50.4 Å². The molecule has 9 heteroatoms. The van der Waals surface area contributed by atoms with Crippen LogP contribution in [0, 0.1) is 0 Å². The first-order valence-electron chi connectivity index (χ1n) is 10.5. The Kier molecular flexibility index (Phi) is 7.41. The standard InChI is InChI=1S/C22H30N6O3/c1-4-17-19(14-5-6-14)28-22(20(27-17)21(23)30)26-15-9-13(10-16(11-15)31-3)7-8-25-18(29)12-24-2/h9-11,14,24H,4-8,12H2,1-3H3,(H2,23,30)(H,25,29)(H,26,28). The number of anilines is 2. The van der Waals surface area contributed by atoms with Gasteiger partial charge in [-0.15, -0.1) is 0 Å². The van der Waals surface area contributed by atoms with E-state index in [9.17, 15) is 9.59 Å². The quantitative estimate of drug-likeness (QED) is 0.430. The highest BCUT2D eigenvalue weighted by molar-refractivity contribution is 5.96. The van der Waals surface area contributed by atoms with Crippen LogP contribution in [0.4, 0.5) is 11.5 Å². The molecule has 1 aliphatic rings. The molecule has 3 rings (SSSR count). The Bertz CT molecular complexity index is 959. The number of ether oxygens (including phenoxy) is 1. The van der Waals surface area contributed by atoms with Gasteiger partial charge in [0.1, 0.15) is 5.75 Å². The second-order valence-corrected chi connectivity index (χ2v) is 7.57. The van der Waals surface area contributed by atoms with Crippen LogP contribution in [-0.4, -0.2) is 49.0 Å². The molecule has 0 bridgehead atoms. The Morgan fingerprint density at radius 2 is 2.00 bits per heavy atom. The molecule has 166 valence electrons. The molecule has 1 saturated carbocycles. The number of likely N-dealkylation sites (N-methyl/N-ethyl adjacent to an activating group) is 1. The van der Waals surface area contributed by atoms with E-state index in [1.807, 2.05) is 25.1 Å². The van der Waals surface area contributed by atoms with Gasteiger partial charge in [0, 0.05) is 24.2 Å². The molecule has 1 aliphatic carbocycles. The summed E-state index contributed by atoms with van der Waals surface area (Å²) in [4.78, 5) is 32.9. The minimum Gasteiger partial charge on any atom is -0.497 e. The molecule has 5 N–H and O–H groups in total. The second kappa shape index (κ2) is 10.2. The fraction of sp³-hybridized carbons (Fsp3) is 0.455. The van der Waals surface area contributed by atoms with Crippen molar-refractivity contribution >= 4 is 23.3 Å². The van der Waals surface area contributed by atoms with Crippen LogP contribution in [0.15, 0.2) is 18.2 Å². The van der Waals surface area contributed by atoms with Gasteiger partial charge in [0.25, 0.3) is 5.91 Å². The number of benzene rings is 1. The first-order valence-corrected chi connectivity index (χ1v) is 10.5. The Balaban J connectivity index is 1.85. The number of carbonyl (C=O) groups excluding carboxylic acids is 2. The first kappa shape index (κ1) is 22.5. The molecule has 9 nitrogen and oxygen atoms in total. The number of nitrogens with one attached hydrogen (secondary N) is 3. The maximum atomic E-state index is 12.0.